The van der Waals surface area contributed by atoms with E-state index in [0.29, 0.717) is 0 Å². The summed E-state index contributed by atoms with van der Waals surface area (Å²) in [7, 11) is 3.95. The molecule has 1 N–H and O–H groups in total. The molecule has 0 spiro atoms. The van der Waals surface area contributed by atoms with Crippen LogP contribution in [0.25, 0.3) is 0 Å². The summed E-state index contributed by atoms with van der Waals surface area (Å²) >= 11 is 0. The van der Waals surface area contributed by atoms with Gasteiger partial charge >= 0.3 is 0 Å². The fraction of sp³-hybridized carbons (Fsp3) is 0.500. The Hall–Kier alpha value is -1.75. The Kier molecular flexibility index (Phi) is 4.27. The largest absolute Gasteiger partial charge is 0.467 e. The van der Waals surface area contributed by atoms with Crippen molar-refractivity contribution in [1.29, 1.82) is 0 Å². The van der Waals surface area contributed by atoms with Crippen LogP contribution in [-0.2, 0) is 20.1 Å². The molecule has 0 amide bonds. The van der Waals surface area contributed by atoms with Gasteiger partial charge in [-0.05, 0) is 33.0 Å². The summed E-state index contributed by atoms with van der Waals surface area (Å²) in [6, 6.07) is 3.93. The number of anilines is 1. The van der Waals surface area contributed by atoms with Gasteiger partial charge < -0.3 is 14.6 Å². The average molecular weight is 262 g/mol. The van der Waals surface area contributed by atoms with Crippen molar-refractivity contribution in [3.8, 4) is 0 Å². The van der Waals surface area contributed by atoms with E-state index in [9.17, 15) is 0 Å². The SMILES string of the molecule is CCN(Cc1ccco1)c1c(CNC)c(C)nn1C. The second-order valence-electron chi connectivity index (χ2n) is 4.64. The normalized spacial score (nSPS) is 10.9. The average Bonchev–Trinajstić information content (AvgIpc) is 2.97. The quantitative estimate of drug-likeness (QED) is 0.865. The van der Waals surface area contributed by atoms with E-state index in [0.717, 1.165) is 36.9 Å². The van der Waals surface area contributed by atoms with E-state index in [-0.39, 0.29) is 0 Å². The van der Waals surface area contributed by atoms with Gasteiger partial charge in [-0.2, -0.15) is 5.10 Å². The maximum Gasteiger partial charge on any atom is 0.131 e. The van der Waals surface area contributed by atoms with Crippen LogP contribution in [-0.4, -0.2) is 23.4 Å². The summed E-state index contributed by atoms with van der Waals surface area (Å²) in [6.07, 6.45) is 1.71. The minimum atomic E-state index is 0.763. The summed E-state index contributed by atoms with van der Waals surface area (Å²) in [5.41, 5.74) is 2.32. The summed E-state index contributed by atoms with van der Waals surface area (Å²) in [5.74, 6) is 2.13. The van der Waals surface area contributed by atoms with Crippen LogP contribution >= 0.6 is 0 Å². The van der Waals surface area contributed by atoms with Gasteiger partial charge in [0.15, 0.2) is 0 Å². The number of furan rings is 1. The standard InChI is InChI=1S/C14H22N4O/c1-5-18(10-12-7-6-8-19-12)14-13(9-15-3)11(2)16-17(14)4/h6-8,15H,5,9-10H2,1-4H3. The van der Waals surface area contributed by atoms with Crippen molar-refractivity contribution >= 4 is 5.82 Å². The first-order chi connectivity index (χ1) is 9.17. The Morgan fingerprint density at radius 2 is 2.26 bits per heavy atom. The minimum absolute atomic E-state index is 0.763. The van der Waals surface area contributed by atoms with Gasteiger partial charge in [0.25, 0.3) is 0 Å². The fourth-order valence-electron chi connectivity index (χ4n) is 2.40. The van der Waals surface area contributed by atoms with Crippen LogP contribution in [0.3, 0.4) is 0 Å². The molecule has 0 bridgehead atoms. The lowest BCUT2D eigenvalue weighted by atomic mass is 10.2. The first kappa shape index (κ1) is 13.7. The number of hydrogen-bond acceptors (Lipinski definition) is 4. The molecule has 0 aliphatic rings. The molecule has 0 saturated heterocycles. The van der Waals surface area contributed by atoms with Crippen molar-refractivity contribution in [2.24, 2.45) is 7.05 Å². The third-order valence-electron chi connectivity index (χ3n) is 3.27. The second kappa shape index (κ2) is 5.93. The second-order valence-corrected chi connectivity index (χ2v) is 4.64. The maximum atomic E-state index is 5.45. The molecule has 0 aliphatic heterocycles. The van der Waals surface area contributed by atoms with Crippen LogP contribution in [0.5, 0.6) is 0 Å². The Bertz CT molecular complexity index is 516. The first-order valence-corrected chi connectivity index (χ1v) is 6.61. The van der Waals surface area contributed by atoms with Gasteiger partial charge in [-0.3, -0.25) is 4.68 Å². The minimum Gasteiger partial charge on any atom is -0.467 e. The number of rotatable bonds is 6. The molecule has 0 radical (unpaired) electrons. The molecular formula is C14H22N4O. The van der Waals surface area contributed by atoms with Gasteiger partial charge in [-0.15, -0.1) is 0 Å². The number of nitrogens with zero attached hydrogens (tertiary/aromatic N) is 3. The first-order valence-electron chi connectivity index (χ1n) is 6.61. The zero-order chi connectivity index (χ0) is 13.8. The molecule has 0 aromatic carbocycles. The van der Waals surface area contributed by atoms with Crippen molar-refractivity contribution in [3.05, 3.63) is 35.4 Å². The number of aryl methyl sites for hydroxylation is 2. The van der Waals surface area contributed by atoms with Crippen LogP contribution in [0.1, 0.15) is 23.9 Å². The third kappa shape index (κ3) is 2.81. The van der Waals surface area contributed by atoms with Crippen molar-refractivity contribution in [2.75, 3.05) is 18.5 Å². The van der Waals surface area contributed by atoms with Gasteiger partial charge in [-0.25, -0.2) is 0 Å². The number of aromatic nitrogens is 2. The van der Waals surface area contributed by atoms with E-state index in [4.69, 9.17) is 4.42 Å². The summed E-state index contributed by atoms with van der Waals surface area (Å²) in [6.45, 7) is 6.70. The number of hydrogen-bond donors (Lipinski definition) is 1. The Labute approximate surface area is 114 Å². The van der Waals surface area contributed by atoms with Gasteiger partial charge in [0, 0.05) is 25.7 Å². The highest BCUT2D eigenvalue weighted by atomic mass is 16.3. The van der Waals surface area contributed by atoms with Gasteiger partial charge in [0.1, 0.15) is 11.6 Å². The summed E-state index contributed by atoms with van der Waals surface area (Å²) < 4.78 is 7.40. The molecule has 19 heavy (non-hydrogen) atoms. The molecule has 0 aliphatic carbocycles. The molecular weight excluding hydrogens is 240 g/mol. The molecule has 0 fully saturated rings. The lowest BCUT2D eigenvalue weighted by Gasteiger charge is -2.23. The molecule has 0 atom stereocenters. The van der Waals surface area contributed by atoms with E-state index in [1.165, 1.54) is 5.56 Å². The third-order valence-corrected chi connectivity index (χ3v) is 3.27. The van der Waals surface area contributed by atoms with Crippen LogP contribution in [0, 0.1) is 6.92 Å². The predicted molar refractivity (Wildman–Crippen MR) is 76.1 cm³/mol. The Morgan fingerprint density at radius 3 is 2.84 bits per heavy atom. The van der Waals surface area contributed by atoms with E-state index in [1.54, 1.807) is 6.26 Å². The topological polar surface area (TPSA) is 46.2 Å². The zero-order valence-corrected chi connectivity index (χ0v) is 12.1. The van der Waals surface area contributed by atoms with Crippen LogP contribution in [0.15, 0.2) is 22.8 Å². The predicted octanol–water partition coefficient (Wildman–Crippen LogP) is 2.07. The van der Waals surface area contributed by atoms with Crippen molar-refractivity contribution in [1.82, 2.24) is 15.1 Å². The molecule has 2 aromatic heterocycles. The zero-order valence-electron chi connectivity index (χ0n) is 12.1. The monoisotopic (exact) mass is 262 g/mol. The highest BCUT2D eigenvalue weighted by Gasteiger charge is 2.18. The van der Waals surface area contributed by atoms with Crippen molar-refractivity contribution in [2.45, 2.75) is 26.9 Å². The van der Waals surface area contributed by atoms with Gasteiger partial charge in [-0.1, -0.05) is 0 Å². The van der Waals surface area contributed by atoms with Crippen LogP contribution in [0.4, 0.5) is 5.82 Å². The van der Waals surface area contributed by atoms with E-state index in [2.05, 4.69) is 29.2 Å². The lowest BCUT2D eigenvalue weighted by Crippen LogP contribution is -2.26. The highest BCUT2D eigenvalue weighted by Crippen LogP contribution is 2.24. The molecule has 0 unspecified atom stereocenters. The molecule has 2 rings (SSSR count). The fourth-order valence-corrected chi connectivity index (χ4v) is 2.40. The van der Waals surface area contributed by atoms with E-state index >= 15 is 0 Å². The highest BCUT2D eigenvalue weighted by molar-refractivity contribution is 5.50. The van der Waals surface area contributed by atoms with Crippen molar-refractivity contribution < 1.29 is 4.42 Å². The van der Waals surface area contributed by atoms with Gasteiger partial charge in [0.2, 0.25) is 0 Å². The van der Waals surface area contributed by atoms with Crippen LogP contribution in [0.2, 0.25) is 0 Å². The maximum absolute atomic E-state index is 5.45. The number of nitrogens with one attached hydrogen (secondary N) is 1. The van der Waals surface area contributed by atoms with Crippen LogP contribution < -0.4 is 10.2 Å². The summed E-state index contributed by atoms with van der Waals surface area (Å²) in [5, 5.41) is 7.75. The molecule has 5 heteroatoms. The lowest BCUT2D eigenvalue weighted by molar-refractivity contribution is 0.500. The molecule has 104 valence electrons. The summed E-state index contributed by atoms with van der Waals surface area (Å²) in [4.78, 5) is 2.28. The van der Waals surface area contributed by atoms with Crippen molar-refractivity contribution in [3.63, 3.8) is 0 Å². The Morgan fingerprint density at radius 1 is 1.47 bits per heavy atom. The Balaban J connectivity index is 2.31. The van der Waals surface area contributed by atoms with E-state index in [1.807, 2.05) is 30.9 Å². The molecule has 0 saturated carbocycles. The molecule has 2 aromatic rings. The molecule has 2 heterocycles. The van der Waals surface area contributed by atoms with Gasteiger partial charge in [0.05, 0.1) is 18.5 Å². The molecule has 5 nitrogen and oxygen atoms in total. The van der Waals surface area contributed by atoms with E-state index < -0.39 is 0 Å². The smallest absolute Gasteiger partial charge is 0.131 e.